The second kappa shape index (κ2) is 8.26. The molecular weight excluding hydrogens is 383 g/mol. The summed E-state index contributed by atoms with van der Waals surface area (Å²) in [6.07, 6.45) is 0.0112. The van der Waals surface area contributed by atoms with Crippen LogP contribution in [0, 0.1) is 10.8 Å². The maximum atomic E-state index is 12.7. The monoisotopic (exact) mass is 401 g/mol. The highest BCUT2D eigenvalue weighted by Gasteiger charge is 2.32. The van der Waals surface area contributed by atoms with Crippen LogP contribution in [-0.4, -0.2) is 27.4 Å². The fraction of sp³-hybridized carbons (Fsp3) is 0.200. The lowest BCUT2D eigenvalue weighted by molar-refractivity contribution is -0.141. The number of nitrogens with zero attached hydrogens (tertiary/aromatic N) is 2. The first-order chi connectivity index (χ1) is 13.8. The summed E-state index contributed by atoms with van der Waals surface area (Å²) >= 11 is 0. The maximum absolute atomic E-state index is 12.7. The third-order valence-corrected chi connectivity index (χ3v) is 4.32. The van der Waals surface area contributed by atoms with Gasteiger partial charge in [-0.25, -0.2) is 0 Å². The summed E-state index contributed by atoms with van der Waals surface area (Å²) in [5.41, 5.74) is 0.793. The summed E-state index contributed by atoms with van der Waals surface area (Å²) in [4.78, 5) is 15.7. The number of pyridine rings is 1. The number of carbonyl (C=O) groups is 1. The lowest BCUT2D eigenvalue weighted by atomic mass is 10.2. The molecule has 0 aliphatic rings. The number of rotatable bonds is 7. The predicted octanol–water partition coefficient (Wildman–Crippen LogP) is 4.49. The van der Waals surface area contributed by atoms with Crippen LogP contribution in [0.4, 0.5) is 18.9 Å². The Balaban J connectivity index is 1.85. The van der Waals surface area contributed by atoms with E-state index in [0.717, 1.165) is 23.2 Å². The molecule has 0 spiro atoms. The van der Waals surface area contributed by atoms with Crippen molar-refractivity contribution in [1.82, 2.24) is 9.55 Å². The van der Waals surface area contributed by atoms with Gasteiger partial charge in [0, 0.05) is 24.3 Å². The Morgan fingerprint density at radius 1 is 1.21 bits per heavy atom. The first-order valence-corrected chi connectivity index (χ1v) is 8.77. The summed E-state index contributed by atoms with van der Waals surface area (Å²) < 4.78 is 39.9. The highest BCUT2D eigenvalue weighted by atomic mass is 19.4. The number of benzene rings is 1. The van der Waals surface area contributed by atoms with Crippen molar-refractivity contribution < 1.29 is 18.0 Å². The third-order valence-electron chi connectivity index (χ3n) is 4.32. The van der Waals surface area contributed by atoms with Gasteiger partial charge < -0.3 is 15.3 Å². The third kappa shape index (κ3) is 4.68. The molecule has 0 atom stereocenters. The highest BCUT2D eigenvalue weighted by Crippen LogP contribution is 2.29. The van der Waals surface area contributed by atoms with Gasteiger partial charge in [-0.3, -0.25) is 15.2 Å². The van der Waals surface area contributed by atoms with Crippen LogP contribution in [0.5, 0.6) is 0 Å². The van der Waals surface area contributed by atoms with Gasteiger partial charge in [0.15, 0.2) is 0 Å². The number of anilines is 1. The minimum atomic E-state index is -4.49. The molecule has 0 saturated carbocycles. The Labute approximate surface area is 164 Å². The average molecular weight is 401 g/mol. The van der Waals surface area contributed by atoms with Crippen LogP contribution in [0.25, 0.3) is 10.9 Å². The molecule has 0 aliphatic heterocycles. The van der Waals surface area contributed by atoms with E-state index in [1.807, 2.05) is 24.3 Å². The lowest BCUT2D eigenvalue weighted by Gasteiger charge is -2.08. The summed E-state index contributed by atoms with van der Waals surface area (Å²) in [6, 6.07) is 9.59. The number of nitrogens with one attached hydrogen (secondary N) is 3. The standard InChI is InChI=1S/C20H18F3N5O/c21-20(22,23)18-8-7-13(10-26-18)11-28-12-16(14-4-1-2-6-17(14)28)27-19(29)15(25)5-3-9-24/h1-2,4,6-10,12,24-25H,3,5,11H2,(H,27,29). The van der Waals surface area contributed by atoms with Crippen molar-refractivity contribution in [1.29, 1.82) is 10.8 Å². The number of aromatic nitrogens is 2. The number of para-hydroxylation sites is 1. The Hall–Kier alpha value is -3.49. The van der Waals surface area contributed by atoms with E-state index in [1.165, 1.54) is 12.3 Å². The number of fused-ring (bicyclic) bond motifs is 1. The van der Waals surface area contributed by atoms with Crippen LogP contribution in [0.2, 0.25) is 0 Å². The lowest BCUT2D eigenvalue weighted by Crippen LogP contribution is -2.21. The molecule has 29 heavy (non-hydrogen) atoms. The normalized spacial score (nSPS) is 11.4. The molecule has 6 nitrogen and oxygen atoms in total. The predicted molar refractivity (Wildman–Crippen MR) is 105 cm³/mol. The Kier molecular flexibility index (Phi) is 5.76. The molecule has 1 aromatic carbocycles. The average Bonchev–Trinajstić information content (AvgIpc) is 3.03. The molecule has 150 valence electrons. The van der Waals surface area contributed by atoms with E-state index in [1.54, 1.807) is 10.8 Å². The Bertz CT molecular complexity index is 1050. The molecule has 0 fully saturated rings. The molecule has 3 aromatic rings. The zero-order valence-electron chi connectivity index (χ0n) is 15.3. The molecule has 3 N–H and O–H groups in total. The molecule has 0 aliphatic carbocycles. The maximum Gasteiger partial charge on any atom is 0.433 e. The largest absolute Gasteiger partial charge is 0.433 e. The quantitative estimate of drug-likeness (QED) is 0.509. The first-order valence-electron chi connectivity index (χ1n) is 8.77. The van der Waals surface area contributed by atoms with Gasteiger partial charge in [0.05, 0.1) is 16.9 Å². The van der Waals surface area contributed by atoms with E-state index in [2.05, 4.69) is 10.3 Å². The van der Waals surface area contributed by atoms with Crippen molar-refractivity contribution in [2.75, 3.05) is 5.32 Å². The molecule has 0 saturated heterocycles. The number of amides is 1. The molecular formula is C20H18F3N5O. The van der Waals surface area contributed by atoms with Crippen molar-refractivity contribution in [3.05, 3.63) is 60.0 Å². The van der Waals surface area contributed by atoms with Crippen molar-refractivity contribution in [3.63, 3.8) is 0 Å². The number of hydrogen-bond donors (Lipinski definition) is 3. The number of alkyl halides is 3. The minimum absolute atomic E-state index is 0.128. The van der Waals surface area contributed by atoms with Gasteiger partial charge >= 0.3 is 6.18 Å². The SMILES string of the molecule is N=CCCC(=N)C(=O)Nc1cn(Cc2ccc(C(F)(F)F)nc2)c2ccccc12. The second-order valence-corrected chi connectivity index (χ2v) is 6.41. The van der Waals surface area contributed by atoms with Crippen LogP contribution in [-0.2, 0) is 17.5 Å². The number of carbonyl (C=O) groups excluding carboxylic acids is 1. The molecule has 0 unspecified atom stereocenters. The van der Waals surface area contributed by atoms with E-state index in [4.69, 9.17) is 10.8 Å². The van der Waals surface area contributed by atoms with E-state index in [-0.39, 0.29) is 18.7 Å². The molecule has 9 heteroatoms. The van der Waals surface area contributed by atoms with Crippen LogP contribution < -0.4 is 5.32 Å². The fourth-order valence-electron chi connectivity index (χ4n) is 2.89. The highest BCUT2D eigenvalue weighted by molar-refractivity contribution is 6.42. The van der Waals surface area contributed by atoms with Crippen LogP contribution in [0.15, 0.2) is 48.8 Å². The van der Waals surface area contributed by atoms with E-state index in [0.29, 0.717) is 17.7 Å². The molecule has 0 radical (unpaired) electrons. The zero-order chi connectivity index (χ0) is 21.0. The Morgan fingerprint density at radius 2 is 1.97 bits per heavy atom. The van der Waals surface area contributed by atoms with Crippen LogP contribution in [0.3, 0.4) is 0 Å². The summed E-state index contributed by atoms with van der Waals surface area (Å²) in [7, 11) is 0. The van der Waals surface area contributed by atoms with Gasteiger partial charge in [-0.05, 0) is 36.8 Å². The van der Waals surface area contributed by atoms with Crippen LogP contribution in [0.1, 0.15) is 24.1 Å². The molecule has 2 heterocycles. The van der Waals surface area contributed by atoms with Crippen molar-refractivity contribution in [3.8, 4) is 0 Å². The molecule has 1 amide bonds. The zero-order valence-corrected chi connectivity index (χ0v) is 15.3. The molecule has 0 bridgehead atoms. The van der Waals surface area contributed by atoms with Gasteiger partial charge in [0.25, 0.3) is 5.91 Å². The van der Waals surface area contributed by atoms with E-state index < -0.39 is 17.8 Å². The summed E-state index contributed by atoms with van der Waals surface area (Å²) in [6.45, 7) is 0.271. The minimum Gasteiger partial charge on any atom is -0.341 e. The smallest absolute Gasteiger partial charge is 0.341 e. The molecule has 3 rings (SSSR count). The van der Waals surface area contributed by atoms with Gasteiger partial charge in [-0.15, -0.1) is 0 Å². The van der Waals surface area contributed by atoms with Gasteiger partial charge in [0.2, 0.25) is 0 Å². The second-order valence-electron chi connectivity index (χ2n) is 6.41. The van der Waals surface area contributed by atoms with Gasteiger partial charge in [-0.2, -0.15) is 13.2 Å². The van der Waals surface area contributed by atoms with Crippen molar-refractivity contribution in [2.45, 2.75) is 25.6 Å². The van der Waals surface area contributed by atoms with Crippen LogP contribution >= 0.6 is 0 Å². The topological polar surface area (TPSA) is 94.6 Å². The summed E-state index contributed by atoms with van der Waals surface area (Å²) in [5.74, 6) is -0.550. The van der Waals surface area contributed by atoms with Gasteiger partial charge in [-0.1, -0.05) is 24.3 Å². The molecule has 2 aromatic heterocycles. The fourth-order valence-corrected chi connectivity index (χ4v) is 2.89. The first kappa shape index (κ1) is 20.2. The van der Waals surface area contributed by atoms with Gasteiger partial charge in [0.1, 0.15) is 5.69 Å². The Morgan fingerprint density at radius 3 is 2.62 bits per heavy atom. The van der Waals surface area contributed by atoms with Crippen molar-refractivity contribution in [2.24, 2.45) is 0 Å². The van der Waals surface area contributed by atoms with E-state index >= 15 is 0 Å². The summed E-state index contributed by atoms with van der Waals surface area (Å²) in [5, 5.41) is 18.2. The van der Waals surface area contributed by atoms with Crippen molar-refractivity contribution >= 4 is 34.4 Å². The number of halogens is 3. The van der Waals surface area contributed by atoms with E-state index in [9.17, 15) is 18.0 Å². The number of hydrogen-bond acceptors (Lipinski definition) is 4.